The van der Waals surface area contributed by atoms with Crippen molar-refractivity contribution in [2.45, 2.75) is 25.3 Å². The Bertz CT molecular complexity index is 1520. The number of carbonyl (C=O) groups is 2. The number of rotatable bonds is 7. The van der Waals surface area contributed by atoms with E-state index in [1.807, 2.05) is 55.6 Å². The lowest BCUT2D eigenvalue weighted by molar-refractivity contribution is 0.0666. The second kappa shape index (κ2) is 10.9. The zero-order valence-electron chi connectivity index (χ0n) is 22.6. The lowest BCUT2D eigenvalue weighted by atomic mass is 9.90. The van der Waals surface area contributed by atoms with Crippen LogP contribution in [-0.4, -0.2) is 73.2 Å². The topological polar surface area (TPSA) is 93.4 Å². The average Bonchev–Trinajstić information content (AvgIpc) is 3.50. The molecule has 0 radical (unpaired) electrons. The molecular weight excluding hydrogens is 546 g/mol. The zero-order valence-corrected chi connectivity index (χ0v) is 24.2. The number of aromatic nitrogens is 2. The van der Waals surface area contributed by atoms with Crippen LogP contribution in [0.3, 0.4) is 0 Å². The van der Waals surface area contributed by atoms with Crippen LogP contribution >= 0.6 is 22.9 Å². The first kappa shape index (κ1) is 26.8. The van der Waals surface area contributed by atoms with Crippen molar-refractivity contribution in [1.82, 2.24) is 25.1 Å². The van der Waals surface area contributed by atoms with Gasteiger partial charge in [0.1, 0.15) is 16.7 Å². The van der Waals surface area contributed by atoms with Crippen LogP contribution in [-0.2, 0) is 0 Å². The Hall–Kier alpha value is -3.44. The molecule has 0 bridgehead atoms. The number of anilines is 2. The number of hydrogen-bond donors (Lipinski definition) is 3. The van der Waals surface area contributed by atoms with E-state index in [1.165, 1.54) is 11.3 Å². The van der Waals surface area contributed by atoms with Crippen LogP contribution in [0.1, 0.15) is 39.3 Å². The molecule has 2 fully saturated rings. The van der Waals surface area contributed by atoms with E-state index in [0.717, 1.165) is 56.8 Å². The van der Waals surface area contributed by atoms with Crippen LogP contribution in [0.15, 0.2) is 54.6 Å². The largest absolute Gasteiger partial charge is 0.369 e. The number of halogens is 1. The summed E-state index contributed by atoms with van der Waals surface area (Å²) in [5, 5.41) is 11.6. The predicted molar refractivity (Wildman–Crippen MR) is 162 cm³/mol. The average molecular weight is 579 g/mol. The fourth-order valence-corrected chi connectivity index (χ4v) is 6.39. The van der Waals surface area contributed by atoms with Crippen LogP contribution in [0.2, 0.25) is 5.02 Å². The lowest BCUT2D eigenvalue weighted by Crippen LogP contribution is -2.66. The van der Waals surface area contributed by atoms with Gasteiger partial charge in [-0.15, -0.1) is 11.3 Å². The SMILES string of the molecule is CN1CCN(c2ccc(C(=O)Nc3[nH]nc4sc(C(=O)N[N+](C)(c5ccc(Cl)cc5)C5CCC5)cc34)cc2)CC1. The van der Waals surface area contributed by atoms with Crippen LogP contribution in [0, 0.1) is 0 Å². The van der Waals surface area contributed by atoms with Crippen molar-refractivity contribution >= 4 is 62.2 Å². The van der Waals surface area contributed by atoms with Crippen molar-refractivity contribution in [3.63, 3.8) is 0 Å². The molecule has 3 heterocycles. The summed E-state index contributed by atoms with van der Waals surface area (Å²) in [6.45, 7) is 4.00. The zero-order chi connectivity index (χ0) is 27.9. The molecule has 3 N–H and O–H groups in total. The first-order valence-electron chi connectivity index (χ1n) is 13.6. The summed E-state index contributed by atoms with van der Waals surface area (Å²) in [6, 6.07) is 17.4. The van der Waals surface area contributed by atoms with Gasteiger partial charge in [0.25, 0.3) is 5.91 Å². The van der Waals surface area contributed by atoms with Gasteiger partial charge >= 0.3 is 5.91 Å². The number of piperazine rings is 1. The summed E-state index contributed by atoms with van der Waals surface area (Å²) in [5.74, 6) is 0.0705. The highest BCUT2D eigenvalue weighted by molar-refractivity contribution is 7.20. The minimum Gasteiger partial charge on any atom is -0.369 e. The van der Waals surface area contributed by atoms with Gasteiger partial charge in [-0.05, 0) is 55.9 Å². The molecule has 2 aromatic carbocycles. The first-order valence-corrected chi connectivity index (χ1v) is 14.8. The van der Waals surface area contributed by atoms with Gasteiger partial charge in [0.05, 0.1) is 17.3 Å². The van der Waals surface area contributed by atoms with E-state index in [0.29, 0.717) is 42.1 Å². The monoisotopic (exact) mass is 578 g/mol. The number of likely N-dealkylation sites (N-methyl/N-ethyl adjacent to an activating group) is 1. The number of quaternary nitrogens is 1. The molecule has 1 unspecified atom stereocenters. The fourth-order valence-electron chi connectivity index (χ4n) is 5.38. The molecular formula is C29H33ClN7O2S+. The Morgan fingerprint density at radius 3 is 2.38 bits per heavy atom. The number of nitrogens with zero attached hydrogens (tertiary/aromatic N) is 4. The van der Waals surface area contributed by atoms with Crippen molar-refractivity contribution in [1.29, 1.82) is 0 Å². The fraction of sp³-hybridized carbons (Fsp3) is 0.345. The van der Waals surface area contributed by atoms with Gasteiger partial charge in [0.2, 0.25) is 0 Å². The number of aromatic amines is 1. The molecule has 4 aromatic rings. The number of amides is 2. The molecule has 6 rings (SSSR count). The summed E-state index contributed by atoms with van der Waals surface area (Å²) < 4.78 is 0.311. The molecule has 1 atom stereocenters. The van der Waals surface area contributed by atoms with E-state index in [-0.39, 0.29) is 11.8 Å². The molecule has 1 aliphatic heterocycles. The second-order valence-electron chi connectivity index (χ2n) is 10.8. The van der Waals surface area contributed by atoms with Gasteiger partial charge in [-0.2, -0.15) is 15.1 Å². The number of fused-ring (bicyclic) bond motifs is 1. The van der Waals surface area contributed by atoms with Crippen molar-refractivity contribution in [3.8, 4) is 0 Å². The van der Waals surface area contributed by atoms with E-state index in [2.05, 4.69) is 37.8 Å². The molecule has 1 saturated carbocycles. The highest BCUT2D eigenvalue weighted by Crippen LogP contribution is 2.35. The van der Waals surface area contributed by atoms with Gasteiger partial charge in [0, 0.05) is 67.4 Å². The molecule has 0 spiro atoms. The number of hydrogen-bond acceptors (Lipinski definition) is 6. The number of nitrogens with one attached hydrogen (secondary N) is 3. The summed E-state index contributed by atoms with van der Waals surface area (Å²) in [6.07, 6.45) is 3.23. The minimum atomic E-state index is -0.232. The molecule has 1 saturated heterocycles. The van der Waals surface area contributed by atoms with E-state index >= 15 is 0 Å². The Morgan fingerprint density at radius 2 is 1.73 bits per heavy atom. The van der Waals surface area contributed by atoms with Crippen molar-refractivity contribution < 1.29 is 9.59 Å². The summed E-state index contributed by atoms with van der Waals surface area (Å²) in [7, 11) is 4.16. The highest BCUT2D eigenvalue weighted by atomic mass is 35.5. The van der Waals surface area contributed by atoms with Crippen LogP contribution in [0.5, 0.6) is 0 Å². The van der Waals surface area contributed by atoms with E-state index < -0.39 is 0 Å². The van der Waals surface area contributed by atoms with Crippen molar-refractivity contribution in [2.24, 2.45) is 0 Å². The first-order chi connectivity index (χ1) is 19.3. The predicted octanol–water partition coefficient (Wildman–Crippen LogP) is 5.12. The van der Waals surface area contributed by atoms with Crippen LogP contribution in [0.4, 0.5) is 17.2 Å². The number of thiophene rings is 1. The molecule has 2 aromatic heterocycles. The van der Waals surface area contributed by atoms with Crippen LogP contribution in [0.25, 0.3) is 10.2 Å². The Balaban J connectivity index is 1.16. The lowest BCUT2D eigenvalue weighted by Gasteiger charge is -2.44. The molecule has 40 heavy (non-hydrogen) atoms. The Morgan fingerprint density at radius 1 is 1.02 bits per heavy atom. The normalized spacial score (nSPS) is 17.8. The third kappa shape index (κ3) is 5.19. The van der Waals surface area contributed by atoms with Gasteiger partial charge in [-0.25, -0.2) is 0 Å². The summed E-state index contributed by atoms with van der Waals surface area (Å²) in [5.41, 5.74) is 5.91. The van der Waals surface area contributed by atoms with Crippen molar-refractivity contribution in [3.05, 3.63) is 70.1 Å². The van der Waals surface area contributed by atoms with Crippen molar-refractivity contribution in [2.75, 3.05) is 50.5 Å². The van der Waals surface area contributed by atoms with E-state index in [9.17, 15) is 9.59 Å². The molecule has 11 heteroatoms. The Kier molecular flexibility index (Phi) is 7.26. The third-order valence-electron chi connectivity index (χ3n) is 8.21. The van der Waals surface area contributed by atoms with Gasteiger partial charge in [-0.3, -0.25) is 14.7 Å². The minimum absolute atomic E-state index is 0.177. The number of H-pyrrole nitrogens is 1. The molecule has 208 valence electrons. The molecule has 2 aliphatic rings. The maximum absolute atomic E-state index is 13.5. The molecule has 1 aliphatic carbocycles. The third-order valence-corrected chi connectivity index (χ3v) is 9.49. The number of benzene rings is 2. The van der Waals surface area contributed by atoms with E-state index in [1.54, 1.807) is 6.07 Å². The molecule has 2 amide bonds. The van der Waals surface area contributed by atoms with Gasteiger partial charge in [0.15, 0.2) is 5.69 Å². The Labute approximate surface area is 242 Å². The maximum atomic E-state index is 13.5. The standard InChI is InChI=1S/C29H32ClN7O2S/c1-35-14-16-36(17-15-35)21-10-6-19(7-11-21)27(38)31-26-24-18-25(40-29(24)33-32-26)28(39)34-37(2,22-4-3-5-22)23-12-8-20(30)9-13-23/h6-13,18,22H,3-5,14-17H2,1-2H3,(H2-,31,32,33,34,38,39)/p+1. The maximum Gasteiger partial charge on any atom is 0.306 e. The van der Waals surface area contributed by atoms with Gasteiger partial charge < -0.3 is 15.1 Å². The summed E-state index contributed by atoms with van der Waals surface area (Å²) >= 11 is 7.42. The summed E-state index contributed by atoms with van der Waals surface area (Å²) in [4.78, 5) is 32.4. The quantitative estimate of drug-likeness (QED) is 0.209. The van der Waals surface area contributed by atoms with Gasteiger partial charge in [-0.1, -0.05) is 11.6 Å². The highest BCUT2D eigenvalue weighted by Gasteiger charge is 2.41. The smallest absolute Gasteiger partial charge is 0.306 e. The second-order valence-corrected chi connectivity index (χ2v) is 12.3. The van der Waals surface area contributed by atoms with E-state index in [4.69, 9.17) is 11.6 Å². The molecule has 9 nitrogen and oxygen atoms in total. The number of carbonyl (C=O) groups excluding carboxylic acids is 2. The van der Waals surface area contributed by atoms with Crippen LogP contribution < -0.4 is 20.2 Å².